The van der Waals surface area contributed by atoms with Crippen molar-refractivity contribution in [2.24, 2.45) is 11.8 Å². The van der Waals surface area contributed by atoms with Gasteiger partial charge in [0.05, 0.1) is 5.76 Å². The molecular weight excluding hydrogens is 200 g/mol. The third-order valence-electron chi connectivity index (χ3n) is 2.67. The van der Waals surface area contributed by atoms with Crippen LogP contribution in [0, 0.1) is 11.8 Å². The zero-order valence-corrected chi connectivity index (χ0v) is 11.0. The maximum absolute atomic E-state index is 11.9. The maximum atomic E-state index is 11.9. The molecule has 0 aromatic heterocycles. The molecule has 16 heavy (non-hydrogen) atoms. The van der Waals surface area contributed by atoms with Crippen molar-refractivity contribution in [2.75, 3.05) is 0 Å². The first-order valence-electron chi connectivity index (χ1n) is 6.37. The molecule has 0 aliphatic carbocycles. The van der Waals surface area contributed by atoms with Gasteiger partial charge in [-0.3, -0.25) is 4.79 Å². The van der Waals surface area contributed by atoms with Gasteiger partial charge >= 0.3 is 0 Å². The van der Waals surface area contributed by atoms with Gasteiger partial charge in [-0.25, -0.2) is 0 Å². The number of carbonyl (C=O) groups excluding carboxylic acids is 1. The molecule has 0 saturated carbocycles. The number of hydrogen-bond acceptors (Lipinski definition) is 2. The standard InChI is InChI=1S/C14H24O2/c1-10(2)8-12-6-5-7-14(16-12)13(15)9-11(3)4/h6,10-11,14H,5,7-9H2,1-4H3. The lowest BCUT2D eigenvalue weighted by Crippen LogP contribution is -2.27. The summed E-state index contributed by atoms with van der Waals surface area (Å²) in [6, 6.07) is 0. The van der Waals surface area contributed by atoms with E-state index in [1.54, 1.807) is 0 Å². The summed E-state index contributed by atoms with van der Waals surface area (Å²) in [5, 5.41) is 0. The van der Waals surface area contributed by atoms with E-state index < -0.39 is 0 Å². The number of rotatable bonds is 5. The van der Waals surface area contributed by atoms with Crippen LogP contribution in [0.25, 0.3) is 0 Å². The van der Waals surface area contributed by atoms with Crippen molar-refractivity contribution in [1.82, 2.24) is 0 Å². The van der Waals surface area contributed by atoms with Gasteiger partial charge in [-0.1, -0.05) is 27.7 Å². The third kappa shape index (κ3) is 4.38. The van der Waals surface area contributed by atoms with E-state index in [1.807, 2.05) is 0 Å². The molecule has 0 saturated heterocycles. The second-order valence-corrected chi connectivity index (χ2v) is 5.52. The van der Waals surface area contributed by atoms with Crippen LogP contribution < -0.4 is 0 Å². The highest BCUT2D eigenvalue weighted by molar-refractivity contribution is 5.83. The molecule has 1 atom stereocenters. The lowest BCUT2D eigenvalue weighted by atomic mass is 9.98. The van der Waals surface area contributed by atoms with Gasteiger partial charge in [-0.15, -0.1) is 0 Å². The van der Waals surface area contributed by atoms with Crippen LogP contribution in [0.5, 0.6) is 0 Å². The normalized spacial score (nSPS) is 20.9. The number of ether oxygens (including phenoxy) is 1. The Bertz CT molecular complexity index is 264. The van der Waals surface area contributed by atoms with Gasteiger partial charge < -0.3 is 4.74 Å². The first-order chi connectivity index (χ1) is 7.49. The third-order valence-corrected chi connectivity index (χ3v) is 2.67. The first-order valence-corrected chi connectivity index (χ1v) is 6.37. The molecule has 1 rings (SSSR count). The second-order valence-electron chi connectivity index (χ2n) is 5.52. The Morgan fingerprint density at radius 1 is 1.38 bits per heavy atom. The molecule has 0 N–H and O–H groups in total. The van der Waals surface area contributed by atoms with Gasteiger partial charge in [0, 0.05) is 12.8 Å². The average molecular weight is 224 g/mol. The van der Waals surface area contributed by atoms with Crippen LogP contribution in [0.3, 0.4) is 0 Å². The number of ketones is 1. The molecule has 0 fully saturated rings. The largest absolute Gasteiger partial charge is 0.487 e. The van der Waals surface area contributed by atoms with Crippen molar-refractivity contribution >= 4 is 5.78 Å². The molecule has 0 aromatic carbocycles. The summed E-state index contributed by atoms with van der Waals surface area (Å²) in [6.45, 7) is 8.49. The van der Waals surface area contributed by atoms with Crippen molar-refractivity contribution in [3.63, 3.8) is 0 Å². The Morgan fingerprint density at radius 2 is 2.06 bits per heavy atom. The van der Waals surface area contributed by atoms with Crippen LogP contribution >= 0.6 is 0 Å². The minimum Gasteiger partial charge on any atom is -0.487 e. The van der Waals surface area contributed by atoms with Gasteiger partial charge in [0.1, 0.15) is 0 Å². The highest BCUT2D eigenvalue weighted by Crippen LogP contribution is 2.24. The van der Waals surface area contributed by atoms with Crippen LogP contribution in [0.1, 0.15) is 53.4 Å². The summed E-state index contributed by atoms with van der Waals surface area (Å²) in [5.74, 6) is 2.30. The summed E-state index contributed by atoms with van der Waals surface area (Å²) in [6.07, 6.45) is 5.38. The van der Waals surface area contributed by atoms with E-state index in [9.17, 15) is 4.79 Å². The van der Waals surface area contributed by atoms with Crippen molar-refractivity contribution < 1.29 is 9.53 Å². The number of carbonyl (C=O) groups is 1. The molecule has 1 aliphatic rings. The molecule has 1 unspecified atom stereocenters. The highest BCUT2D eigenvalue weighted by Gasteiger charge is 2.24. The number of hydrogen-bond donors (Lipinski definition) is 0. The van der Waals surface area contributed by atoms with Crippen molar-refractivity contribution in [1.29, 1.82) is 0 Å². The van der Waals surface area contributed by atoms with Gasteiger partial charge in [-0.05, 0) is 30.8 Å². The van der Waals surface area contributed by atoms with E-state index in [4.69, 9.17) is 4.74 Å². The predicted octanol–water partition coefficient (Wildman–Crippen LogP) is 3.71. The molecule has 1 aliphatic heterocycles. The predicted molar refractivity (Wildman–Crippen MR) is 66.1 cm³/mol. The fraction of sp³-hybridized carbons (Fsp3) is 0.786. The molecule has 0 bridgehead atoms. The van der Waals surface area contributed by atoms with Gasteiger partial charge in [-0.2, -0.15) is 0 Å². The summed E-state index contributed by atoms with van der Waals surface area (Å²) in [5.41, 5.74) is 0. The molecule has 2 heteroatoms. The van der Waals surface area contributed by atoms with Crippen molar-refractivity contribution in [3.8, 4) is 0 Å². The van der Waals surface area contributed by atoms with Crippen LogP contribution in [0.2, 0.25) is 0 Å². The van der Waals surface area contributed by atoms with Crippen molar-refractivity contribution in [3.05, 3.63) is 11.8 Å². The summed E-state index contributed by atoms with van der Waals surface area (Å²) < 4.78 is 5.77. The highest BCUT2D eigenvalue weighted by atomic mass is 16.5. The topological polar surface area (TPSA) is 26.3 Å². The van der Waals surface area contributed by atoms with Crippen LogP contribution in [-0.4, -0.2) is 11.9 Å². The summed E-state index contributed by atoms with van der Waals surface area (Å²) in [4.78, 5) is 11.9. The fourth-order valence-corrected chi connectivity index (χ4v) is 1.98. The Hall–Kier alpha value is -0.790. The fourth-order valence-electron chi connectivity index (χ4n) is 1.98. The molecule has 2 nitrogen and oxygen atoms in total. The van der Waals surface area contributed by atoms with Crippen LogP contribution in [-0.2, 0) is 9.53 Å². The van der Waals surface area contributed by atoms with E-state index in [0.29, 0.717) is 18.3 Å². The second kappa shape index (κ2) is 6.07. The Labute approximate surface area is 99.1 Å². The Morgan fingerprint density at radius 3 is 2.62 bits per heavy atom. The van der Waals surface area contributed by atoms with E-state index in [2.05, 4.69) is 33.8 Å². The minimum absolute atomic E-state index is 0.179. The smallest absolute Gasteiger partial charge is 0.173 e. The lowest BCUT2D eigenvalue weighted by molar-refractivity contribution is -0.130. The Balaban J connectivity index is 2.47. The molecule has 0 spiro atoms. The summed E-state index contributed by atoms with van der Waals surface area (Å²) in [7, 11) is 0. The molecule has 0 radical (unpaired) electrons. The molecule has 0 aromatic rings. The number of allylic oxidation sites excluding steroid dienone is 2. The van der Waals surface area contributed by atoms with Gasteiger partial charge in [0.25, 0.3) is 0 Å². The lowest BCUT2D eigenvalue weighted by Gasteiger charge is -2.25. The first kappa shape index (κ1) is 13.3. The quantitative estimate of drug-likeness (QED) is 0.711. The van der Waals surface area contributed by atoms with E-state index >= 15 is 0 Å². The van der Waals surface area contributed by atoms with Crippen LogP contribution in [0.4, 0.5) is 0 Å². The van der Waals surface area contributed by atoms with Gasteiger partial charge in [0.2, 0.25) is 0 Å². The zero-order chi connectivity index (χ0) is 12.1. The monoisotopic (exact) mass is 224 g/mol. The molecule has 1 heterocycles. The van der Waals surface area contributed by atoms with Gasteiger partial charge in [0.15, 0.2) is 11.9 Å². The zero-order valence-electron chi connectivity index (χ0n) is 11.0. The van der Waals surface area contributed by atoms with E-state index in [-0.39, 0.29) is 11.9 Å². The van der Waals surface area contributed by atoms with E-state index in [1.165, 1.54) is 0 Å². The minimum atomic E-state index is -0.179. The number of Topliss-reactive ketones (excluding diaryl/α,β-unsaturated/α-hetero) is 1. The molecule has 0 amide bonds. The average Bonchev–Trinajstić information content (AvgIpc) is 2.16. The maximum Gasteiger partial charge on any atom is 0.173 e. The summed E-state index contributed by atoms with van der Waals surface area (Å²) >= 11 is 0. The van der Waals surface area contributed by atoms with E-state index in [0.717, 1.165) is 25.0 Å². The Kier molecular flexibility index (Phi) is 5.04. The SMILES string of the molecule is CC(C)CC(=O)C1CCC=C(CC(C)C)O1. The molecule has 92 valence electrons. The van der Waals surface area contributed by atoms with Crippen LogP contribution in [0.15, 0.2) is 11.8 Å². The molecular formula is C14H24O2. The van der Waals surface area contributed by atoms with Crippen molar-refractivity contribution in [2.45, 2.75) is 59.5 Å².